The molecule has 4 aromatic rings. The standard InChI is InChI=1S/C23H20N4O5/c1-30-16-13-17(31-2)26-22(25-16)20(28)21-18(23(29)24-15-11-7-4-8-12-15)19(27-32-21)14-9-5-3-6-10-14/h3-13,20,28H,1-2H3,(H,24,29). The maximum absolute atomic E-state index is 13.3. The Labute approximate surface area is 183 Å². The van der Waals surface area contributed by atoms with Crippen molar-refractivity contribution in [3.8, 4) is 23.0 Å². The molecule has 1 atom stereocenters. The molecule has 1 amide bonds. The summed E-state index contributed by atoms with van der Waals surface area (Å²) in [5.74, 6) is -0.300. The summed E-state index contributed by atoms with van der Waals surface area (Å²) in [6.07, 6.45) is -1.50. The minimum atomic E-state index is -1.50. The lowest BCUT2D eigenvalue weighted by molar-refractivity contribution is 0.101. The Hall–Kier alpha value is -4.24. The molecule has 0 fully saturated rings. The van der Waals surface area contributed by atoms with E-state index in [-0.39, 0.29) is 34.6 Å². The number of rotatable bonds is 7. The first-order valence-electron chi connectivity index (χ1n) is 9.67. The van der Waals surface area contributed by atoms with Gasteiger partial charge in [-0.1, -0.05) is 53.7 Å². The summed E-state index contributed by atoms with van der Waals surface area (Å²) in [6, 6.07) is 19.5. The number of benzene rings is 2. The summed E-state index contributed by atoms with van der Waals surface area (Å²) in [6.45, 7) is 0. The molecule has 0 aliphatic carbocycles. The van der Waals surface area contributed by atoms with E-state index in [1.54, 1.807) is 36.4 Å². The van der Waals surface area contributed by atoms with Crippen molar-refractivity contribution in [2.75, 3.05) is 19.5 Å². The Bertz CT molecular complexity index is 1190. The highest BCUT2D eigenvalue weighted by molar-refractivity contribution is 6.09. The first kappa shape index (κ1) is 21.0. The first-order chi connectivity index (χ1) is 15.6. The van der Waals surface area contributed by atoms with E-state index in [1.165, 1.54) is 20.3 Å². The van der Waals surface area contributed by atoms with Gasteiger partial charge in [-0.2, -0.15) is 9.97 Å². The minimum absolute atomic E-state index is 0.0641. The molecule has 0 radical (unpaired) electrons. The van der Waals surface area contributed by atoms with Crippen molar-refractivity contribution >= 4 is 11.6 Å². The molecule has 0 saturated carbocycles. The van der Waals surface area contributed by atoms with E-state index in [0.29, 0.717) is 11.3 Å². The molecule has 0 aliphatic rings. The molecule has 9 heteroatoms. The van der Waals surface area contributed by atoms with Crippen molar-refractivity contribution in [1.29, 1.82) is 0 Å². The molecule has 0 spiro atoms. The zero-order chi connectivity index (χ0) is 22.5. The molecule has 2 aromatic carbocycles. The third-order valence-corrected chi connectivity index (χ3v) is 4.63. The quantitative estimate of drug-likeness (QED) is 0.455. The molecule has 4 rings (SSSR count). The minimum Gasteiger partial charge on any atom is -0.481 e. The van der Waals surface area contributed by atoms with Crippen LogP contribution in [0.3, 0.4) is 0 Å². The molecule has 2 N–H and O–H groups in total. The van der Waals surface area contributed by atoms with E-state index in [9.17, 15) is 9.90 Å². The second-order valence-electron chi connectivity index (χ2n) is 6.67. The molecule has 0 aliphatic heterocycles. The number of nitrogens with one attached hydrogen (secondary N) is 1. The van der Waals surface area contributed by atoms with Crippen LogP contribution in [-0.2, 0) is 0 Å². The number of aromatic nitrogens is 3. The van der Waals surface area contributed by atoms with Crippen LogP contribution in [0.2, 0.25) is 0 Å². The third kappa shape index (κ3) is 4.28. The van der Waals surface area contributed by atoms with Crippen LogP contribution in [-0.4, -0.2) is 40.4 Å². The second-order valence-corrected chi connectivity index (χ2v) is 6.67. The predicted molar refractivity (Wildman–Crippen MR) is 116 cm³/mol. The lowest BCUT2D eigenvalue weighted by Gasteiger charge is -2.12. The number of hydrogen-bond acceptors (Lipinski definition) is 8. The van der Waals surface area contributed by atoms with Crippen LogP contribution >= 0.6 is 0 Å². The van der Waals surface area contributed by atoms with Crippen molar-refractivity contribution in [3.05, 3.63) is 83.9 Å². The molecule has 2 aromatic heterocycles. The third-order valence-electron chi connectivity index (χ3n) is 4.63. The van der Waals surface area contributed by atoms with Crippen LogP contribution in [0.1, 0.15) is 28.0 Å². The van der Waals surface area contributed by atoms with Gasteiger partial charge in [0.2, 0.25) is 11.8 Å². The number of carbonyl (C=O) groups is 1. The number of amides is 1. The van der Waals surface area contributed by atoms with E-state index < -0.39 is 12.0 Å². The number of nitrogens with zero attached hydrogens (tertiary/aromatic N) is 3. The van der Waals surface area contributed by atoms with Gasteiger partial charge in [0.25, 0.3) is 5.91 Å². The van der Waals surface area contributed by atoms with Gasteiger partial charge in [-0.3, -0.25) is 4.79 Å². The topological polar surface area (TPSA) is 120 Å². The predicted octanol–water partition coefficient (Wildman–Crippen LogP) is 3.48. The Morgan fingerprint density at radius 3 is 2.16 bits per heavy atom. The molecule has 0 bridgehead atoms. The van der Waals surface area contributed by atoms with Gasteiger partial charge in [0.15, 0.2) is 17.7 Å². The van der Waals surface area contributed by atoms with Crippen LogP contribution in [0.5, 0.6) is 11.8 Å². The van der Waals surface area contributed by atoms with E-state index in [0.717, 1.165) is 0 Å². The Morgan fingerprint density at radius 1 is 0.969 bits per heavy atom. The molecule has 2 heterocycles. The number of aliphatic hydroxyl groups excluding tert-OH is 1. The lowest BCUT2D eigenvalue weighted by Crippen LogP contribution is -2.17. The summed E-state index contributed by atoms with van der Waals surface area (Å²) in [5, 5.41) is 17.9. The fourth-order valence-electron chi connectivity index (χ4n) is 3.09. The molecule has 1 unspecified atom stereocenters. The van der Waals surface area contributed by atoms with Crippen molar-refractivity contribution in [2.24, 2.45) is 0 Å². The average Bonchev–Trinajstić information content (AvgIpc) is 3.29. The van der Waals surface area contributed by atoms with Crippen molar-refractivity contribution in [2.45, 2.75) is 6.10 Å². The molecule has 0 saturated heterocycles. The largest absolute Gasteiger partial charge is 0.481 e. The van der Waals surface area contributed by atoms with Gasteiger partial charge >= 0.3 is 0 Å². The summed E-state index contributed by atoms with van der Waals surface area (Å²) < 4.78 is 15.7. The van der Waals surface area contributed by atoms with Crippen molar-refractivity contribution < 1.29 is 23.9 Å². The summed E-state index contributed by atoms with van der Waals surface area (Å²) >= 11 is 0. The highest BCUT2D eigenvalue weighted by atomic mass is 16.5. The number of carbonyl (C=O) groups excluding carboxylic acids is 1. The molecule has 162 valence electrons. The Morgan fingerprint density at radius 2 is 1.56 bits per heavy atom. The first-order valence-corrected chi connectivity index (χ1v) is 9.67. The maximum atomic E-state index is 13.3. The summed E-state index contributed by atoms with van der Waals surface area (Å²) in [4.78, 5) is 21.6. The van der Waals surface area contributed by atoms with Gasteiger partial charge in [0, 0.05) is 11.3 Å². The number of aliphatic hydroxyl groups is 1. The van der Waals surface area contributed by atoms with E-state index in [1.807, 2.05) is 24.3 Å². The second kappa shape index (κ2) is 9.27. The van der Waals surface area contributed by atoms with Gasteiger partial charge < -0.3 is 24.4 Å². The smallest absolute Gasteiger partial charge is 0.261 e. The van der Waals surface area contributed by atoms with Gasteiger partial charge in [-0.25, -0.2) is 0 Å². The Kier molecular flexibility index (Phi) is 6.09. The maximum Gasteiger partial charge on any atom is 0.261 e. The Balaban J connectivity index is 1.80. The fourth-order valence-corrected chi connectivity index (χ4v) is 3.09. The highest BCUT2D eigenvalue weighted by Crippen LogP contribution is 2.33. The van der Waals surface area contributed by atoms with Crippen LogP contribution < -0.4 is 14.8 Å². The van der Waals surface area contributed by atoms with Crippen LogP contribution in [0.4, 0.5) is 5.69 Å². The molecular formula is C23H20N4O5. The number of para-hydroxylation sites is 1. The zero-order valence-corrected chi connectivity index (χ0v) is 17.4. The number of anilines is 1. The summed E-state index contributed by atoms with van der Waals surface area (Å²) in [5.41, 5.74) is 1.58. The molecular weight excluding hydrogens is 412 g/mol. The highest BCUT2D eigenvalue weighted by Gasteiger charge is 2.31. The monoisotopic (exact) mass is 432 g/mol. The SMILES string of the molecule is COc1cc(OC)nc(C(O)c2onc(-c3ccccc3)c2C(=O)Nc2ccccc2)n1. The van der Waals surface area contributed by atoms with E-state index in [4.69, 9.17) is 14.0 Å². The van der Waals surface area contributed by atoms with Gasteiger partial charge in [0.1, 0.15) is 11.3 Å². The summed E-state index contributed by atoms with van der Waals surface area (Å²) in [7, 11) is 2.86. The fraction of sp³-hybridized carbons (Fsp3) is 0.130. The van der Waals surface area contributed by atoms with Gasteiger partial charge in [-0.15, -0.1) is 0 Å². The van der Waals surface area contributed by atoms with Crippen LogP contribution in [0.15, 0.2) is 71.3 Å². The van der Waals surface area contributed by atoms with Crippen LogP contribution in [0.25, 0.3) is 11.3 Å². The van der Waals surface area contributed by atoms with Gasteiger partial charge in [-0.05, 0) is 12.1 Å². The molecule has 9 nitrogen and oxygen atoms in total. The zero-order valence-electron chi connectivity index (χ0n) is 17.4. The number of methoxy groups -OCH3 is 2. The van der Waals surface area contributed by atoms with Crippen molar-refractivity contribution in [1.82, 2.24) is 15.1 Å². The van der Waals surface area contributed by atoms with E-state index >= 15 is 0 Å². The normalized spacial score (nSPS) is 11.6. The molecule has 32 heavy (non-hydrogen) atoms. The average molecular weight is 432 g/mol. The van der Waals surface area contributed by atoms with Gasteiger partial charge in [0.05, 0.1) is 20.3 Å². The lowest BCUT2D eigenvalue weighted by atomic mass is 10.0. The van der Waals surface area contributed by atoms with Crippen LogP contribution in [0, 0.1) is 0 Å². The number of hydrogen-bond donors (Lipinski definition) is 2. The van der Waals surface area contributed by atoms with E-state index in [2.05, 4.69) is 20.4 Å². The van der Waals surface area contributed by atoms with Crippen molar-refractivity contribution in [3.63, 3.8) is 0 Å². The number of ether oxygens (including phenoxy) is 2.